The second-order valence-corrected chi connectivity index (χ2v) is 9.14. The predicted molar refractivity (Wildman–Crippen MR) is 146 cm³/mol. The molecule has 5 heteroatoms. The number of unbranched alkanes of at least 4 members (excludes halogenated alkanes) is 2. The number of hydrogen-bond acceptors (Lipinski definition) is 4. The Balaban J connectivity index is 0.00000544. The fraction of sp³-hybridized carbons (Fsp3) is 0.500. The van der Waals surface area contributed by atoms with Crippen LogP contribution in [-0.4, -0.2) is 43.3 Å². The highest BCUT2D eigenvalue weighted by Gasteiger charge is 2.12. The Morgan fingerprint density at radius 3 is 2.64 bits per heavy atom. The Morgan fingerprint density at radius 2 is 1.91 bits per heavy atom. The first-order valence-corrected chi connectivity index (χ1v) is 12.8. The average Bonchev–Trinajstić information content (AvgIpc) is 3.31. The van der Waals surface area contributed by atoms with Crippen molar-refractivity contribution in [2.75, 3.05) is 32.8 Å². The van der Waals surface area contributed by atoms with Crippen LogP contribution in [-0.2, 0) is 4.74 Å². The monoisotopic (exact) mass is 489 g/mol. The molecule has 0 N–H and O–H groups in total. The first kappa shape index (κ1) is 29.3. The normalized spacial score (nSPS) is 11.3. The lowest BCUT2D eigenvalue weighted by atomic mass is 10.1. The Kier molecular flexibility index (Phi) is 14.9. The number of allylic oxidation sites excluding steroid dienone is 1. The third-order valence-corrected chi connectivity index (χ3v) is 5.74. The molecule has 0 aliphatic heterocycles. The summed E-state index contributed by atoms with van der Waals surface area (Å²) >= 11 is 1.72. The van der Waals surface area contributed by atoms with Crippen LogP contribution in [0.3, 0.4) is 0 Å². The van der Waals surface area contributed by atoms with Crippen molar-refractivity contribution in [3.05, 3.63) is 53.2 Å². The van der Waals surface area contributed by atoms with E-state index in [1.807, 2.05) is 32.9 Å². The van der Waals surface area contributed by atoms with Crippen LogP contribution >= 0.6 is 23.7 Å². The smallest absolute Gasteiger partial charge is 0.123 e. The van der Waals surface area contributed by atoms with Gasteiger partial charge in [-0.2, -0.15) is 11.3 Å². The van der Waals surface area contributed by atoms with Crippen molar-refractivity contribution in [3.63, 3.8) is 0 Å². The van der Waals surface area contributed by atoms with Crippen molar-refractivity contribution in [1.29, 1.82) is 0 Å². The highest BCUT2D eigenvalue weighted by Crippen LogP contribution is 2.25. The van der Waals surface area contributed by atoms with Crippen molar-refractivity contribution in [2.24, 2.45) is 0 Å². The predicted octanol–water partition coefficient (Wildman–Crippen LogP) is 7.47. The van der Waals surface area contributed by atoms with Crippen molar-refractivity contribution >= 4 is 23.7 Å². The Hall–Kier alpha value is -1.77. The topological polar surface area (TPSA) is 21.7 Å². The lowest BCUT2D eigenvalue weighted by Gasteiger charge is -2.19. The summed E-state index contributed by atoms with van der Waals surface area (Å²) in [6.07, 6.45) is 8.73. The van der Waals surface area contributed by atoms with Gasteiger partial charge in [-0.3, -0.25) is 4.90 Å². The molecule has 0 unspecified atom stereocenters. The van der Waals surface area contributed by atoms with Gasteiger partial charge in [0.1, 0.15) is 11.4 Å². The van der Waals surface area contributed by atoms with Gasteiger partial charge in [0.25, 0.3) is 0 Å². The number of rotatable bonds is 14. The molecule has 0 aliphatic rings. The molecule has 1 aromatic heterocycles. The van der Waals surface area contributed by atoms with E-state index < -0.39 is 0 Å². The maximum absolute atomic E-state index is 5.99. The zero-order chi connectivity index (χ0) is 23.1. The van der Waals surface area contributed by atoms with Gasteiger partial charge in [0.05, 0.1) is 6.61 Å². The van der Waals surface area contributed by atoms with Crippen LogP contribution in [0.15, 0.2) is 53.2 Å². The van der Waals surface area contributed by atoms with Gasteiger partial charge in [0, 0.05) is 13.2 Å². The zero-order valence-electron chi connectivity index (χ0n) is 20.6. The molecule has 0 bridgehead atoms. The number of hydrogen-bond donors (Lipinski definition) is 0. The first-order chi connectivity index (χ1) is 15.5. The van der Waals surface area contributed by atoms with Crippen LogP contribution in [0.2, 0.25) is 0 Å². The minimum atomic E-state index is -0.379. The van der Waals surface area contributed by atoms with E-state index in [0.717, 1.165) is 38.4 Å². The van der Waals surface area contributed by atoms with E-state index in [1.54, 1.807) is 11.3 Å². The van der Waals surface area contributed by atoms with E-state index in [2.05, 4.69) is 64.8 Å². The molecule has 0 amide bonds. The average molecular weight is 490 g/mol. The standard InChI is InChI=1S/C28H39NO2S.ClH/c1-5-18-29(19-10-7-9-17-28(3,4)31-6-2)20-11-8-12-21-30-27-15-13-14-25(23-27)26-16-22-32-24-26;/h7,10,13-16,22-24H,5-6,8,11-12,18-21H2,1-4H3;1H. The van der Waals surface area contributed by atoms with Crippen molar-refractivity contribution in [3.8, 4) is 28.7 Å². The van der Waals surface area contributed by atoms with E-state index in [4.69, 9.17) is 9.47 Å². The summed E-state index contributed by atoms with van der Waals surface area (Å²) in [5.74, 6) is 7.25. The van der Waals surface area contributed by atoms with Gasteiger partial charge < -0.3 is 9.47 Å². The number of thiophene rings is 1. The van der Waals surface area contributed by atoms with Gasteiger partial charge in [-0.05, 0) is 106 Å². The quantitative estimate of drug-likeness (QED) is 0.203. The van der Waals surface area contributed by atoms with Crippen molar-refractivity contribution in [1.82, 2.24) is 4.90 Å². The van der Waals surface area contributed by atoms with Gasteiger partial charge in [-0.1, -0.05) is 37.0 Å². The molecule has 0 saturated carbocycles. The molecule has 1 aromatic carbocycles. The summed E-state index contributed by atoms with van der Waals surface area (Å²) in [6.45, 7) is 12.9. The fourth-order valence-electron chi connectivity index (χ4n) is 3.48. The summed E-state index contributed by atoms with van der Waals surface area (Å²) in [6, 6.07) is 10.5. The summed E-state index contributed by atoms with van der Waals surface area (Å²) in [5, 5.41) is 4.28. The largest absolute Gasteiger partial charge is 0.494 e. The third kappa shape index (κ3) is 12.3. The Bertz CT molecular complexity index is 852. The van der Waals surface area contributed by atoms with E-state index in [9.17, 15) is 0 Å². The van der Waals surface area contributed by atoms with Crippen molar-refractivity contribution in [2.45, 2.75) is 59.0 Å². The summed E-state index contributed by atoms with van der Waals surface area (Å²) < 4.78 is 11.6. The summed E-state index contributed by atoms with van der Waals surface area (Å²) in [4.78, 5) is 2.50. The van der Waals surface area contributed by atoms with E-state index >= 15 is 0 Å². The molecule has 33 heavy (non-hydrogen) atoms. The second-order valence-electron chi connectivity index (χ2n) is 8.36. The lowest BCUT2D eigenvalue weighted by molar-refractivity contribution is 0.0362. The highest BCUT2D eigenvalue weighted by molar-refractivity contribution is 7.08. The first-order valence-electron chi connectivity index (χ1n) is 11.8. The van der Waals surface area contributed by atoms with Crippen LogP contribution in [0, 0.1) is 11.8 Å². The number of halogens is 1. The Morgan fingerprint density at radius 1 is 1.06 bits per heavy atom. The molecular formula is C28H40ClNO2S. The lowest BCUT2D eigenvalue weighted by Crippen LogP contribution is -2.26. The van der Waals surface area contributed by atoms with Gasteiger partial charge in [0.15, 0.2) is 0 Å². The van der Waals surface area contributed by atoms with Crippen LogP contribution in [0.5, 0.6) is 5.75 Å². The molecule has 0 atom stereocenters. The SMILES string of the molecule is CCCN(CC=CC#CC(C)(C)OCC)CCCCCOc1cccc(-c2ccsc2)c1.Cl. The summed E-state index contributed by atoms with van der Waals surface area (Å²) in [7, 11) is 0. The summed E-state index contributed by atoms with van der Waals surface area (Å²) in [5.41, 5.74) is 2.10. The maximum Gasteiger partial charge on any atom is 0.123 e. The van der Waals surface area contributed by atoms with E-state index in [1.165, 1.54) is 30.4 Å². The van der Waals surface area contributed by atoms with Crippen LogP contribution in [0.1, 0.15) is 53.4 Å². The molecule has 1 heterocycles. The molecule has 2 rings (SSSR count). The molecular weight excluding hydrogens is 450 g/mol. The van der Waals surface area contributed by atoms with Crippen LogP contribution in [0.25, 0.3) is 11.1 Å². The molecule has 3 nitrogen and oxygen atoms in total. The molecule has 0 radical (unpaired) electrons. The molecule has 0 spiro atoms. The zero-order valence-corrected chi connectivity index (χ0v) is 22.3. The molecule has 2 aromatic rings. The van der Waals surface area contributed by atoms with Crippen LogP contribution in [0.4, 0.5) is 0 Å². The highest BCUT2D eigenvalue weighted by atomic mass is 35.5. The van der Waals surface area contributed by atoms with Gasteiger partial charge in [-0.25, -0.2) is 0 Å². The molecule has 182 valence electrons. The van der Waals surface area contributed by atoms with E-state index in [0.29, 0.717) is 6.61 Å². The number of ether oxygens (including phenoxy) is 2. The molecule has 0 aliphatic carbocycles. The minimum Gasteiger partial charge on any atom is -0.494 e. The maximum atomic E-state index is 5.99. The second kappa shape index (κ2) is 16.8. The van der Waals surface area contributed by atoms with E-state index in [-0.39, 0.29) is 18.0 Å². The molecule has 0 fully saturated rings. The van der Waals surface area contributed by atoms with Crippen molar-refractivity contribution < 1.29 is 9.47 Å². The molecule has 0 saturated heterocycles. The number of nitrogens with zero attached hydrogens (tertiary/aromatic N) is 1. The van der Waals surface area contributed by atoms with Gasteiger partial charge in [0.2, 0.25) is 0 Å². The number of benzene rings is 1. The fourth-order valence-corrected chi connectivity index (χ4v) is 4.15. The minimum absolute atomic E-state index is 0. The Labute approximate surface area is 211 Å². The third-order valence-electron chi connectivity index (χ3n) is 5.06. The van der Waals surface area contributed by atoms with Crippen LogP contribution < -0.4 is 4.74 Å². The van der Waals surface area contributed by atoms with Gasteiger partial charge >= 0.3 is 0 Å². The van der Waals surface area contributed by atoms with Gasteiger partial charge in [-0.15, -0.1) is 12.4 Å².